The molecule has 0 aliphatic carbocycles. The molecular weight excluding hydrogens is 308 g/mol. The van der Waals surface area contributed by atoms with E-state index in [-0.39, 0.29) is 5.43 Å². The zero-order chi connectivity index (χ0) is 18.4. The van der Waals surface area contributed by atoms with Gasteiger partial charge in [-0.15, -0.1) is 0 Å². The molecule has 0 fully saturated rings. The molecule has 2 nitrogen and oxygen atoms in total. The van der Waals surface area contributed by atoms with Crippen LogP contribution in [0.15, 0.2) is 57.7 Å². The molecule has 3 aromatic rings. The summed E-state index contributed by atoms with van der Waals surface area (Å²) in [6.07, 6.45) is 2.64. The first-order valence-electron chi connectivity index (χ1n) is 9.11. The van der Waals surface area contributed by atoms with E-state index in [1.54, 1.807) is 6.07 Å². The lowest BCUT2D eigenvalue weighted by Gasteiger charge is -2.11. The summed E-state index contributed by atoms with van der Waals surface area (Å²) in [6.45, 7) is 10.6. The van der Waals surface area contributed by atoms with Crippen LogP contribution in [0.1, 0.15) is 57.6 Å². The lowest BCUT2D eigenvalue weighted by molar-refractivity contribution is 0.609. The smallest absolute Gasteiger partial charge is 0.193 e. The maximum absolute atomic E-state index is 12.4. The van der Waals surface area contributed by atoms with Gasteiger partial charge in [0.25, 0.3) is 0 Å². The molecule has 2 heteroatoms. The van der Waals surface area contributed by atoms with Gasteiger partial charge in [0, 0.05) is 11.6 Å². The van der Waals surface area contributed by atoms with Crippen LogP contribution in [0, 0.1) is 6.92 Å². The molecule has 2 aromatic carbocycles. The largest absolute Gasteiger partial charge is 0.456 e. The van der Waals surface area contributed by atoms with E-state index in [0.717, 1.165) is 16.7 Å². The van der Waals surface area contributed by atoms with Crippen molar-refractivity contribution in [2.45, 2.75) is 53.4 Å². The summed E-state index contributed by atoms with van der Waals surface area (Å²) in [6, 6.07) is 15.3. The molecular formula is C23H28O2. The third-order valence-corrected chi connectivity index (χ3v) is 4.18. The molecule has 1 aromatic heterocycles. The Bertz CT molecular complexity index is 872. The Balaban J connectivity index is 0.000000511. The maximum atomic E-state index is 12.4. The van der Waals surface area contributed by atoms with Crippen LogP contribution in [0.3, 0.4) is 0 Å². The highest BCUT2D eigenvalue weighted by Crippen LogP contribution is 2.29. The third-order valence-electron chi connectivity index (χ3n) is 4.18. The fourth-order valence-electron chi connectivity index (χ4n) is 2.61. The van der Waals surface area contributed by atoms with Crippen LogP contribution in [0.2, 0.25) is 0 Å². The molecule has 1 heterocycles. The fraction of sp³-hybridized carbons (Fsp3) is 0.348. The van der Waals surface area contributed by atoms with Crippen molar-refractivity contribution in [3.8, 4) is 11.3 Å². The minimum atomic E-state index is 0.0145. The molecule has 3 rings (SSSR count). The summed E-state index contributed by atoms with van der Waals surface area (Å²) in [5.41, 5.74) is 3.82. The van der Waals surface area contributed by atoms with Gasteiger partial charge in [0.15, 0.2) is 5.43 Å². The number of hydrogen-bond acceptors (Lipinski definition) is 2. The highest BCUT2D eigenvalue weighted by Gasteiger charge is 2.13. The predicted octanol–water partition coefficient (Wildman–Crippen LogP) is 6.70. The molecule has 0 aliphatic rings. The molecule has 0 unspecified atom stereocenters. The average molecular weight is 336 g/mol. The van der Waals surface area contributed by atoms with Crippen molar-refractivity contribution in [1.29, 1.82) is 0 Å². The van der Waals surface area contributed by atoms with Crippen LogP contribution < -0.4 is 5.43 Å². The molecule has 0 spiro atoms. The third kappa shape index (κ3) is 4.60. The standard InChI is InChI=1S/C19H18O2.C4H10/c1-12(2)15-9-13(3)10-16-17(20)11-18(21-19(15)16)14-7-5-4-6-8-14;1-3-4-2/h4-12H,1-3H3;3-4H2,1-2H3. The quantitative estimate of drug-likeness (QED) is 0.533. The summed E-state index contributed by atoms with van der Waals surface area (Å²) in [5, 5.41) is 0.665. The van der Waals surface area contributed by atoms with E-state index in [1.807, 2.05) is 43.3 Å². The van der Waals surface area contributed by atoms with E-state index in [0.29, 0.717) is 22.6 Å². The van der Waals surface area contributed by atoms with Crippen LogP contribution in [-0.2, 0) is 0 Å². The van der Waals surface area contributed by atoms with E-state index >= 15 is 0 Å². The van der Waals surface area contributed by atoms with Gasteiger partial charge in [0.2, 0.25) is 0 Å². The van der Waals surface area contributed by atoms with Crippen LogP contribution in [0.5, 0.6) is 0 Å². The predicted molar refractivity (Wildman–Crippen MR) is 107 cm³/mol. The van der Waals surface area contributed by atoms with Gasteiger partial charge in [0.05, 0.1) is 5.39 Å². The topological polar surface area (TPSA) is 30.2 Å². The maximum Gasteiger partial charge on any atom is 0.193 e. The first-order valence-corrected chi connectivity index (χ1v) is 9.11. The minimum absolute atomic E-state index is 0.0145. The first kappa shape index (κ1) is 19.0. The number of hydrogen-bond donors (Lipinski definition) is 0. The van der Waals surface area contributed by atoms with Gasteiger partial charge in [-0.1, -0.05) is 76.9 Å². The van der Waals surface area contributed by atoms with Crippen molar-refractivity contribution in [3.63, 3.8) is 0 Å². The zero-order valence-electron chi connectivity index (χ0n) is 15.9. The van der Waals surface area contributed by atoms with Crippen LogP contribution >= 0.6 is 0 Å². The minimum Gasteiger partial charge on any atom is -0.456 e. The Labute approximate surface area is 150 Å². The Kier molecular flexibility index (Phi) is 6.58. The second-order valence-electron chi connectivity index (χ2n) is 6.73. The Hall–Kier alpha value is -2.35. The van der Waals surface area contributed by atoms with Crippen molar-refractivity contribution >= 4 is 11.0 Å². The summed E-state index contributed by atoms with van der Waals surface area (Å²) < 4.78 is 6.08. The summed E-state index contributed by atoms with van der Waals surface area (Å²) >= 11 is 0. The lowest BCUT2D eigenvalue weighted by Crippen LogP contribution is -2.03. The molecule has 0 radical (unpaired) electrons. The molecule has 0 aliphatic heterocycles. The Morgan fingerprint density at radius 2 is 1.60 bits per heavy atom. The van der Waals surface area contributed by atoms with Crippen LogP contribution in [0.25, 0.3) is 22.3 Å². The fourth-order valence-corrected chi connectivity index (χ4v) is 2.61. The second-order valence-corrected chi connectivity index (χ2v) is 6.73. The number of aryl methyl sites for hydroxylation is 1. The first-order chi connectivity index (χ1) is 12.0. The van der Waals surface area contributed by atoms with Gasteiger partial charge in [-0.25, -0.2) is 0 Å². The van der Waals surface area contributed by atoms with E-state index in [1.165, 1.54) is 12.8 Å². The van der Waals surface area contributed by atoms with Gasteiger partial charge in [0.1, 0.15) is 11.3 Å². The molecule has 0 saturated carbocycles. The van der Waals surface area contributed by atoms with Crippen molar-refractivity contribution in [3.05, 3.63) is 69.9 Å². The van der Waals surface area contributed by atoms with Crippen LogP contribution in [0.4, 0.5) is 0 Å². The van der Waals surface area contributed by atoms with Crippen LogP contribution in [-0.4, -0.2) is 0 Å². The summed E-state index contributed by atoms with van der Waals surface area (Å²) in [4.78, 5) is 12.4. The molecule has 132 valence electrons. The zero-order valence-corrected chi connectivity index (χ0v) is 15.9. The van der Waals surface area contributed by atoms with E-state index in [2.05, 4.69) is 33.8 Å². The Morgan fingerprint density at radius 1 is 0.960 bits per heavy atom. The monoisotopic (exact) mass is 336 g/mol. The van der Waals surface area contributed by atoms with Crippen molar-refractivity contribution < 1.29 is 4.42 Å². The molecule has 0 bridgehead atoms. The van der Waals surface area contributed by atoms with Gasteiger partial charge in [-0.3, -0.25) is 4.79 Å². The molecule has 0 amide bonds. The molecule has 0 atom stereocenters. The van der Waals surface area contributed by atoms with Crippen molar-refractivity contribution in [2.75, 3.05) is 0 Å². The van der Waals surface area contributed by atoms with Crippen molar-refractivity contribution in [1.82, 2.24) is 0 Å². The highest BCUT2D eigenvalue weighted by molar-refractivity contribution is 5.83. The summed E-state index contributed by atoms with van der Waals surface area (Å²) in [7, 11) is 0. The van der Waals surface area contributed by atoms with Gasteiger partial charge in [-0.2, -0.15) is 0 Å². The van der Waals surface area contributed by atoms with E-state index in [9.17, 15) is 4.79 Å². The van der Waals surface area contributed by atoms with Gasteiger partial charge >= 0.3 is 0 Å². The van der Waals surface area contributed by atoms with Gasteiger partial charge < -0.3 is 4.42 Å². The normalized spacial score (nSPS) is 10.6. The van der Waals surface area contributed by atoms with Gasteiger partial charge in [-0.05, 0) is 30.0 Å². The van der Waals surface area contributed by atoms with E-state index in [4.69, 9.17) is 4.42 Å². The number of unbranched alkanes of at least 4 members (excludes halogenated alkanes) is 1. The number of rotatable bonds is 3. The molecule has 0 N–H and O–H groups in total. The van der Waals surface area contributed by atoms with Crippen molar-refractivity contribution in [2.24, 2.45) is 0 Å². The average Bonchev–Trinajstić information content (AvgIpc) is 2.62. The van der Waals surface area contributed by atoms with E-state index < -0.39 is 0 Å². The SMILES string of the molecule is CCCC.Cc1cc(C(C)C)c2oc(-c3ccccc3)cc(=O)c2c1. The highest BCUT2D eigenvalue weighted by atomic mass is 16.3. The number of benzene rings is 2. The second kappa shape index (κ2) is 8.66. The molecule has 25 heavy (non-hydrogen) atoms. The lowest BCUT2D eigenvalue weighted by atomic mass is 9.97. The number of fused-ring (bicyclic) bond motifs is 1. The summed E-state index contributed by atoms with van der Waals surface area (Å²) in [5.74, 6) is 0.931. The molecule has 0 saturated heterocycles. The Morgan fingerprint density at radius 3 is 2.16 bits per heavy atom.